The molecule has 2 aliphatic heterocycles. The zero-order valence-electron chi connectivity index (χ0n) is 9.96. The van der Waals surface area contributed by atoms with Crippen molar-refractivity contribution in [1.29, 1.82) is 0 Å². The third kappa shape index (κ3) is 1.90. The maximum absolute atomic E-state index is 11.5. The van der Waals surface area contributed by atoms with Crippen molar-refractivity contribution in [3.05, 3.63) is 23.8 Å². The van der Waals surface area contributed by atoms with Crippen molar-refractivity contribution in [1.82, 2.24) is 4.90 Å². The average Bonchev–Trinajstić information content (AvgIpc) is 2.98. The molecule has 1 saturated heterocycles. The molecule has 2 aliphatic rings. The number of hydrogen-bond donors (Lipinski definition) is 1. The molecule has 18 heavy (non-hydrogen) atoms. The molecular weight excluding hydrogens is 234 g/mol. The highest BCUT2D eigenvalue weighted by Crippen LogP contribution is 2.36. The Balaban J connectivity index is 1.92. The van der Waals surface area contributed by atoms with Gasteiger partial charge in [-0.25, -0.2) is 0 Å². The number of likely N-dealkylation sites (tertiary alicyclic amines) is 1. The summed E-state index contributed by atoms with van der Waals surface area (Å²) >= 11 is 0. The fourth-order valence-corrected chi connectivity index (χ4v) is 2.59. The van der Waals surface area contributed by atoms with E-state index in [1.165, 1.54) is 0 Å². The second-order valence-electron chi connectivity index (χ2n) is 4.60. The monoisotopic (exact) mass is 249 g/mol. The van der Waals surface area contributed by atoms with E-state index in [4.69, 9.17) is 9.47 Å². The van der Waals surface area contributed by atoms with Crippen LogP contribution in [0, 0.1) is 0 Å². The summed E-state index contributed by atoms with van der Waals surface area (Å²) in [5, 5.41) is 9.42. The van der Waals surface area contributed by atoms with Crippen molar-refractivity contribution in [2.24, 2.45) is 0 Å². The van der Waals surface area contributed by atoms with E-state index in [0.29, 0.717) is 11.5 Å². The third-order valence-electron chi connectivity index (χ3n) is 3.45. The maximum Gasteiger partial charge on any atom is 0.325 e. The molecular formula is C13H15NO4. The van der Waals surface area contributed by atoms with Crippen LogP contribution in [0.15, 0.2) is 18.2 Å². The Morgan fingerprint density at radius 1 is 1.22 bits per heavy atom. The topological polar surface area (TPSA) is 59.0 Å². The summed E-state index contributed by atoms with van der Waals surface area (Å²) < 4.78 is 10.5. The lowest BCUT2D eigenvalue weighted by Gasteiger charge is -2.24. The van der Waals surface area contributed by atoms with Crippen LogP contribution in [0.1, 0.15) is 24.4 Å². The number of carbonyl (C=O) groups is 1. The van der Waals surface area contributed by atoms with Crippen molar-refractivity contribution in [2.75, 3.05) is 19.9 Å². The van der Waals surface area contributed by atoms with Gasteiger partial charge in [-0.3, -0.25) is 9.69 Å². The van der Waals surface area contributed by atoms with Crippen LogP contribution in [0.3, 0.4) is 0 Å². The van der Waals surface area contributed by atoms with Gasteiger partial charge in [-0.15, -0.1) is 0 Å². The summed E-state index contributed by atoms with van der Waals surface area (Å²) in [6, 6.07) is 4.79. The van der Waals surface area contributed by atoms with E-state index in [-0.39, 0.29) is 6.79 Å². The molecule has 96 valence electrons. The predicted octanol–water partition coefficient (Wildman–Crippen LogP) is 1.64. The van der Waals surface area contributed by atoms with E-state index in [2.05, 4.69) is 0 Å². The second kappa shape index (κ2) is 4.49. The molecule has 0 spiro atoms. The van der Waals surface area contributed by atoms with E-state index in [0.717, 1.165) is 31.5 Å². The number of fused-ring (bicyclic) bond motifs is 1. The number of ether oxygens (including phenoxy) is 2. The summed E-state index contributed by atoms with van der Waals surface area (Å²) in [5.74, 6) is 0.512. The molecule has 0 radical (unpaired) electrons. The average molecular weight is 249 g/mol. The van der Waals surface area contributed by atoms with Gasteiger partial charge in [0.1, 0.15) is 6.04 Å². The van der Waals surface area contributed by atoms with E-state index < -0.39 is 12.0 Å². The highest BCUT2D eigenvalue weighted by atomic mass is 16.7. The second-order valence-corrected chi connectivity index (χ2v) is 4.60. The quantitative estimate of drug-likeness (QED) is 0.882. The van der Waals surface area contributed by atoms with E-state index in [9.17, 15) is 9.90 Å². The van der Waals surface area contributed by atoms with E-state index in [1.807, 2.05) is 11.0 Å². The smallest absolute Gasteiger partial charge is 0.325 e. The summed E-state index contributed by atoms with van der Waals surface area (Å²) in [6.45, 7) is 1.89. The molecule has 3 rings (SSSR count). The molecule has 1 atom stereocenters. The molecule has 0 amide bonds. The molecule has 0 aromatic heterocycles. The summed E-state index contributed by atoms with van der Waals surface area (Å²) in [4.78, 5) is 13.5. The fraction of sp³-hybridized carbons (Fsp3) is 0.462. The van der Waals surface area contributed by atoms with Gasteiger partial charge in [-0.05, 0) is 43.6 Å². The van der Waals surface area contributed by atoms with Crippen LogP contribution in [0.5, 0.6) is 11.5 Å². The highest BCUT2D eigenvalue weighted by molar-refractivity contribution is 5.76. The molecule has 2 heterocycles. The molecule has 1 aromatic rings. The molecule has 0 saturated carbocycles. The third-order valence-corrected chi connectivity index (χ3v) is 3.45. The minimum atomic E-state index is -0.809. The molecule has 1 fully saturated rings. The van der Waals surface area contributed by atoms with Crippen molar-refractivity contribution >= 4 is 5.97 Å². The minimum absolute atomic E-state index is 0.209. The summed E-state index contributed by atoms with van der Waals surface area (Å²) in [7, 11) is 0. The Morgan fingerprint density at radius 3 is 2.67 bits per heavy atom. The van der Waals surface area contributed by atoms with Crippen molar-refractivity contribution in [3.8, 4) is 11.5 Å². The van der Waals surface area contributed by atoms with Crippen LogP contribution in [0.2, 0.25) is 0 Å². The lowest BCUT2D eigenvalue weighted by Crippen LogP contribution is -2.31. The highest BCUT2D eigenvalue weighted by Gasteiger charge is 2.30. The molecule has 1 N–H and O–H groups in total. The van der Waals surface area contributed by atoms with Gasteiger partial charge in [0.05, 0.1) is 0 Å². The number of carboxylic acids is 1. The van der Waals surface area contributed by atoms with E-state index >= 15 is 0 Å². The van der Waals surface area contributed by atoms with E-state index in [1.54, 1.807) is 12.1 Å². The van der Waals surface area contributed by atoms with Crippen LogP contribution in [-0.4, -0.2) is 35.9 Å². The Labute approximate surface area is 105 Å². The van der Waals surface area contributed by atoms with Crippen LogP contribution < -0.4 is 9.47 Å². The first-order valence-electron chi connectivity index (χ1n) is 6.12. The lowest BCUT2D eigenvalue weighted by atomic mass is 10.1. The first kappa shape index (κ1) is 11.3. The zero-order valence-corrected chi connectivity index (χ0v) is 9.96. The van der Waals surface area contributed by atoms with Crippen LogP contribution in [0.25, 0.3) is 0 Å². The Kier molecular flexibility index (Phi) is 2.83. The molecule has 1 aromatic carbocycles. The largest absolute Gasteiger partial charge is 0.480 e. The normalized spacial score (nSPS) is 20.0. The molecule has 0 aliphatic carbocycles. The van der Waals surface area contributed by atoms with Gasteiger partial charge < -0.3 is 14.6 Å². The number of nitrogens with zero attached hydrogens (tertiary/aromatic N) is 1. The van der Waals surface area contributed by atoms with Crippen molar-refractivity contribution < 1.29 is 19.4 Å². The predicted molar refractivity (Wildman–Crippen MR) is 63.7 cm³/mol. The van der Waals surface area contributed by atoms with Gasteiger partial charge in [0.25, 0.3) is 0 Å². The molecule has 5 heteroatoms. The number of hydrogen-bond acceptors (Lipinski definition) is 4. The number of rotatable bonds is 3. The zero-order chi connectivity index (χ0) is 12.5. The van der Waals surface area contributed by atoms with Gasteiger partial charge in [-0.1, -0.05) is 6.07 Å². The minimum Gasteiger partial charge on any atom is -0.480 e. The van der Waals surface area contributed by atoms with Gasteiger partial charge in [0.15, 0.2) is 11.5 Å². The first-order valence-corrected chi connectivity index (χ1v) is 6.12. The lowest BCUT2D eigenvalue weighted by molar-refractivity contribution is -0.143. The molecule has 0 bridgehead atoms. The maximum atomic E-state index is 11.5. The van der Waals surface area contributed by atoms with Gasteiger partial charge in [0, 0.05) is 0 Å². The fourth-order valence-electron chi connectivity index (χ4n) is 2.59. The number of aliphatic carboxylic acids is 1. The van der Waals surface area contributed by atoms with Gasteiger partial charge in [-0.2, -0.15) is 0 Å². The Hall–Kier alpha value is -1.75. The van der Waals surface area contributed by atoms with Gasteiger partial charge >= 0.3 is 5.97 Å². The first-order chi connectivity index (χ1) is 8.75. The van der Waals surface area contributed by atoms with Crippen LogP contribution in [-0.2, 0) is 4.79 Å². The van der Waals surface area contributed by atoms with Crippen LogP contribution in [0.4, 0.5) is 0 Å². The van der Waals surface area contributed by atoms with Crippen molar-refractivity contribution in [3.63, 3.8) is 0 Å². The summed E-state index contributed by atoms with van der Waals surface area (Å²) in [6.07, 6.45) is 2.13. The Bertz CT molecular complexity index is 468. The molecule has 5 nitrogen and oxygen atoms in total. The number of carboxylic acid groups (broad SMARTS) is 1. The SMILES string of the molecule is O=C(O)[C@H](c1ccc2c(c1)OCO2)N1CCCC1. The number of benzene rings is 1. The van der Waals surface area contributed by atoms with Crippen LogP contribution >= 0.6 is 0 Å². The van der Waals surface area contributed by atoms with Gasteiger partial charge in [0.2, 0.25) is 6.79 Å². The summed E-state index contributed by atoms with van der Waals surface area (Å²) in [5.41, 5.74) is 0.758. The standard InChI is InChI=1S/C13H15NO4/c15-13(16)12(14-5-1-2-6-14)9-3-4-10-11(7-9)18-8-17-10/h3-4,7,12H,1-2,5-6,8H2,(H,15,16)/t12-/m0/s1. The molecule has 0 unspecified atom stereocenters. The Morgan fingerprint density at radius 2 is 1.94 bits per heavy atom. The van der Waals surface area contributed by atoms with Crippen molar-refractivity contribution in [2.45, 2.75) is 18.9 Å².